The van der Waals surface area contributed by atoms with Crippen LogP contribution in [0.3, 0.4) is 0 Å². The number of anilines is 1. The monoisotopic (exact) mass is 250 g/mol. The molecule has 1 N–H and O–H groups in total. The molecule has 4 nitrogen and oxygen atoms in total. The molecule has 0 aromatic heterocycles. The largest absolute Gasteiger partial charge is 0.355 e. The fraction of sp³-hybridized carbons (Fsp3) is 0.333. The summed E-state index contributed by atoms with van der Waals surface area (Å²) < 4.78 is 0. The molecule has 1 fully saturated rings. The number of benzene rings is 1. The zero-order valence-electron chi connectivity index (χ0n) is 9.29. The van der Waals surface area contributed by atoms with Gasteiger partial charge in [-0.05, 0) is 23.8 Å². The van der Waals surface area contributed by atoms with Crippen LogP contribution in [-0.4, -0.2) is 25.4 Å². The summed E-state index contributed by atoms with van der Waals surface area (Å²) in [4.78, 5) is 25.4. The topological polar surface area (TPSA) is 49.4 Å². The summed E-state index contributed by atoms with van der Waals surface area (Å²) in [6, 6.07) is 5.37. The predicted molar refractivity (Wildman–Crippen MR) is 64.2 cm³/mol. The highest BCUT2D eigenvalue weighted by atomic mass is 35.5. The molecule has 0 aliphatic carbocycles. The van der Waals surface area contributed by atoms with Crippen LogP contribution in [-0.2, 0) is 15.0 Å². The van der Waals surface area contributed by atoms with Crippen LogP contribution in [0.4, 0.5) is 5.69 Å². The average molecular weight is 251 g/mol. The molecule has 2 aliphatic rings. The minimum Gasteiger partial charge on any atom is -0.355 e. The molecule has 17 heavy (non-hydrogen) atoms. The van der Waals surface area contributed by atoms with Crippen molar-refractivity contribution in [2.75, 3.05) is 18.5 Å². The van der Waals surface area contributed by atoms with Gasteiger partial charge in [0.05, 0.1) is 0 Å². The number of hydrogen-bond donors (Lipinski definition) is 1. The van der Waals surface area contributed by atoms with Crippen molar-refractivity contribution in [3.63, 3.8) is 0 Å². The number of carbonyl (C=O) groups is 2. The van der Waals surface area contributed by atoms with Crippen LogP contribution in [0.25, 0.3) is 0 Å². The molecule has 3 rings (SSSR count). The SMILES string of the molecule is CN1C(=O)C2(CNC(=O)C2)c2cc(Cl)ccc21. The molecule has 1 aromatic rings. The molecule has 0 radical (unpaired) electrons. The second kappa shape index (κ2) is 3.23. The van der Waals surface area contributed by atoms with E-state index in [-0.39, 0.29) is 18.2 Å². The number of halogens is 1. The standard InChI is InChI=1S/C12H11ClN2O2/c1-15-9-3-2-7(13)4-8(9)12(11(15)17)5-10(16)14-6-12/h2-4H,5-6H2,1H3,(H,14,16). The van der Waals surface area contributed by atoms with Gasteiger partial charge in [-0.25, -0.2) is 0 Å². The molecule has 88 valence electrons. The quantitative estimate of drug-likeness (QED) is 0.749. The molecule has 1 unspecified atom stereocenters. The Balaban J connectivity index is 2.22. The molecule has 2 amide bonds. The summed E-state index contributed by atoms with van der Waals surface area (Å²) in [5.41, 5.74) is 0.957. The zero-order valence-corrected chi connectivity index (χ0v) is 10.0. The third kappa shape index (κ3) is 1.24. The third-order valence-electron chi connectivity index (χ3n) is 3.60. The van der Waals surface area contributed by atoms with Crippen molar-refractivity contribution < 1.29 is 9.59 Å². The molecule has 2 heterocycles. The lowest BCUT2D eigenvalue weighted by molar-refractivity contribution is -0.125. The molecule has 1 saturated heterocycles. The number of nitrogens with one attached hydrogen (secondary N) is 1. The maximum absolute atomic E-state index is 12.3. The number of hydrogen-bond acceptors (Lipinski definition) is 2. The molecule has 5 heteroatoms. The first-order valence-corrected chi connectivity index (χ1v) is 5.77. The van der Waals surface area contributed by atoms with Gasteiger partial charge in [-0.15, -0.1) is 0 Å². The Labute approximate surface area is 104 Å². The molecule has 0 saturated carbocycles. The average Bonchev–Trinajstić information content (AvgIpc) is 2.77. The lowest BCUT2D eigenvalue weighted by Gasteiger charge is -2.19. The van der Waals surface area contributed by atoms with Gasteiger partial charge in [0.25, 0.3) is 0 Å². The minimum atomic E-state index is -0.744. The number of nitrogens with zero attached hydrogens (tertiary/aromatic N) is 1. The van der Waals surface area contributed by atoms with Crippen molar-refractivity contribution in [3.05, 3.63) is 28.8 Å². The van der Waals surface area contributed by atoms with Crippen molar-refractivity contribution in [2.45, 2.75) is 11.8 Å². The Hall–Kier alpha value is -1.55. The smallest absolute Gasteiger partial charge is 0.239 e. The Kier molecular flexibility index (Phi) is 2.01. The second-order valence-corrected chi connectivity index (χ2v) is 5.00. The van der Waals surface area contributed by atoms with E-state index in [1.807, 2.05) is 6.07 Å². The first-order chi connectivity index (χ1) is 8.04. The summed E-state index contributed by atoms with van der Waals surface area (Å²) in [6.07, 6.45) is 0.212. The maximum atomic E-state index is 12.3. The molecular weight excluding hydrogens is 240 g/mol. The van der Waals surface area contributed by atoms with Gasteiger partial charge < -0.3 is 10.2 Å². The van der Waals surface area contributed by atoms with Crippen LogP contribution in [0.5, 0.6) is 0 Å². The first kappa shape index (κ1) is 10.6. The van der Waals surface area contributed by atoms with E-state index in [2.05, 4.69) is 5.32 Å². The van der Waals surface area contributed by atoms with E-state index in [1.54, 1.807) is 24.1 Å². The van der Waals surface area contributed by atoms with Crippen LogP contribution >= 0.6 is 11.6 Å². The van der Waals surface area contributed by atoms with E-state index >= 15 is 0 Å². The summed E-state index contributed by atoms with van der Waals surface area (Å²) in [6.45, 7) is 0.363. The van der Waals surface area contributed by atoms with Gasteiger partial charge in [0.2, 0.25) is 11.8 Å². The predicted octanol–water partition coefficient (Wildman–Crippen LogP) is 1.07. The summed E-state index contributed by atoms with van der Waals surface area (Å²) >= 11 is 5.98. The van der Waals surface area contributed by atoms with E-state index in [0.717, 1.165) is 11.3 Å². The number of rotatable bonds is 0. The van der Waals surface area contributed by atoms with Crippen LogP contribution in [0.15, 0.2) is 18.2 Å². The lowest BCUT2D eigenvalue weighted by atomic mass is 9.81. The summed E-state index contributed by atoms with van der Waals surface area (Å²) in [5, 5.41) is 3.32. The van der Waals surface area contributed by atoms with Gasteiger partial charge in [-0.3, -0.25) is 9.59 Å². The highest BCUT2D eigenvalue weighted by molar-refractivity contribution is 6.31. The highest BCUT2D eigenvalue weighted by Gasteiger charge is 2.54. The zero-order chi connectivity index (χ0) is 12.2. The fourth-order valence-corrected chi connectivity index (χ4v) is 2.89. The Morgan fingerprint density at radius 2 is 2.18 bits per heavy atom. The van der Waals surface area contributed by atoms with Crippen LogP contribution in [0.1, 0.15) is 12.0 Å². The van der Waals surface area contributed by atoms with Gasteiger partial charge in [0.1, 0.15) is 5.41 Å². The van der Waals surface area contributed by atoms with E-state index in [1.165, 1.54) is 0 Å². The minimum absolute atomic E-state index is 0.0342. The molecule has 2 aliphatic heterocycles. The van der Waals surface area contributed by atoms with Crippen molar-refractivity contribution in [3.8, 4) is 0 Å². The van der Waals surface area contributed by atoms with E-state index in [9.17, 15) is 9.59 Å². The van der Waals surface area contributed by atoms with Crippen molar-refractivity contribution in [1.82, 2.24) is 5.32 Å². The molecular formula is C12H11ClN2O2. The number of fused-ring (bicyclic) bond motifs is 2. The normalized spacial score (nSPS) is 26.6. The highest BCUT2D eigenvalue weighted by Crippen LogP contribution is 2.45. The fourth-order valence-electron chi connectivity index (χ4n) is 2.72. The summed E-state index contributed by atoms with van der Waals surface area (Å²) in [7, 11) is 1.73. The van der Waals surface area contributed by atoms with Gasteiger partial charge >= 0.3 is 0 Å². The second-order valence-electron chi connectivity index (χ2n) is 4.56. The molecule has 1 atom stereocenters. The first-order valence-electron chi connectivity index (χ1n) is 5.39. The van der Waals surface area contributed by atoms with Crippen molar-refractivity contribution in [1.29, 1.82) is 0 Å². The molecule has 0 bridgehead atoms. The van der Waals surface area contributed by atoms with Gasteiger partial charge in [0, 0.05) is 30.7 Å². The number of amides is 2. The number of likely N-dealkylation sites (N-methyl/N-ethyl adjacent to an activating group) is 1. The maximum Gasteiger partial charge on any atom is 0.239 e. The van der Waals surface area contributed by atoms with Crippen LogP contribution in [0, 0.1) is 0 Å². The van der Waals surface area contributed by atoms with Crippen molar-refractivity contribution in [2.24, 2.45) is 0 Å². The van der Waals surface area contributed by atoms with E-state index < -0.39 is 5.41 Å². The Morgan fingerprint density at radius 3 is 2.82 bits per heavy atom. The number of carbonyl (C=O) groups excluding carboxylic acids is 2. The van der Waals surface area contributed by atoms with Gasteiger partial charge in [-0.2, -0.15) is 0 Å². The van der Waals surface area contributed by atoms with Crippen LogP contribution < -0.4 is 10.2 Å². The Bertz CT molecular complexity index is 543. The van der Waals surface area contributed by atoms with Gasteiger partial charge in [0.15, 0.2) is 0 Å². The van der Waals surface area contributed by atoms with E-state index in [0.29, 0.717) is 11.6 Å². The third-order valence-corrected chi connectivity index (χ3v) is 3.83. The van der Waals surface area contributed by atoms with Crippen molar-refractivity contribution >= 4 is 29.1 Å². The van der Waals surface area contributed by atoms with E-state index in [4.69, 9.17) is 11.6 Å². The van der Waals surface area contributed by atoms with Crippen LogP contribution in [0.2, 0.25) is 5.02 Å². The molecule has 1 aromatic carbocycles. The molecule has 1 spiro atoms. The Morgan fingerprint density at radius 1 is 1.41 bits per heavy atom. The lowest BCUT2D eigenvalue weighted by Crippen LogP contribution is -2.40. The summed E-state index contributed by atoms with van der Waals surface area (Å²) in [5.74, 6) is -0.118. The van der Waals surface area contributed by atoms with Gasteiger partial charge in [-0.1, -0.05) is 11.6 Å².